The van der Waals surface area contributed by atoms with Crippen molar-refractivity contribution in [3.8, 4) is 0 Å². The minimum atomic E-state index is -0.126. The second kappa shape index (κ2) is 5.34. The molecule has 0 aliphatic carbocycles. The zero-order chi connectivity index (χ0) is 16.0. The Morgan fingerprint density at radius 3 is 2.52 bits per heavy atom. The van der Waals surface area contributed by atoms with Crippen molar-refractivity contribution in [3.63, 3.8) is 0 Å². The van der Waals surface area contributed by atoms with Crippen molar-refractivity contribution in [1.29, 1.82) is 0 Å². The minimum absolute atomic E-state index is 0.0133. The highest BCUT2D eigenvalue weighted by Gasteiger charge is 2.34. The summed E-state index contributed by atoms with van der Waals surface area (Å²) in [6, 6.07) is 14.1. The van der Waals surface area contributed by atoms with E-state index in [1.54, 1.807) is 6.07 Å². The zero-order valence-electron chi connectivity index (χ0n) is 13.3. The topological polar surface area (TPSA) is 17.8 Å². The van der Waals surface area contributed by atoms with E-state index in [1.165, 1.54) is 16.8 Å². The lowest BCUT2D eigenvalue weighted by Crippen LogP contribution is -2.07. The van der Waals surface area contributed by atoms with Gasteiger partial charge in [0.2, 0.25) is 0 Å². The van der Waals surface area contributed by atoms with Gasteiger partial charge >= 0.3 is 0 Å². The molecule has 0 saturated carbocycles. The van der Waals surface area contributed by atoms with Gasteiger partial charge < -0.3 is 4.57 Å². The molecule has 116 valence electrons. The van der Waals surface area contributed by atoms with Crippen molar-refractivity contribution in [3.05, 3.63) is 88.8 Å². The van der Waals surface area contributed by atoms with Crippen LogP contribution in [0.2, 0.25) is 0 Å². The molecule has 2 unspecified atom stereocenters. The van der Waals surface area contributed by atoms with Gasteiger partial charge in [-0.15, -0.1) is 0 Å². The predicted octanol–water partition coefficient (Wildman–Crippen LogP) is 4.76. The van der Waals surface area contributed by atoms with Gasteiger partial charge in [-0.3, -0.25) is 0 Å². The number of imidazole rings is 1. The summed E-state index contributed by atoms with van der Waals surface area (Å²) < 4.78 is 16.6. The average Bonchev–Trinajstić information content (AvgIpc) is 3.11. The maximum Gasteiger partial charge on any atom is 0.128 e. The van der Waals surface area contributed by atoms with Crippen molar-refractivity contribution >= 4 is 0 Å². The summed E-state index contributed by atoms with van der Waals surface area (Å²) in [6.07, 6.45) is 4.62. The van der Waals surface area contributed by atoms with E-state index < -0.39 is 0 Å². The third-order valence-electron chi connectivity index (χ3n) is 4.84. The first-order chi connectivity index (χ1) is 11.1. The highest BCUT2D eigenvalue weighted by atomic mass is 19.1. The summed E-state index contributed by atoms with van der Waals surface area (Å²) in [6.45, 7) is 4.01. The number of hydrogen-bond acceptors (Lipinski definition) is 1. The molecule has 2 nitrogen and oxygen atoms in total. The molecule has 1 aliphatic heterocycles. The lowest BCUT2D eigenvalue weighted by molar-refractivity contribution is 0.538. The van der Waals surface area contributed by atoms with E-state index in [4.69, 9.17) is 0 Å². The smallest absolute Gasteiger partial charge is 0.128 e. The van der Waals surface area contributed by atoms with E-state index in [0.29, 0.717) is 0 Å². The van der Waals surface area contributed by atoms with Crippen LogP contribution in [0.4, 0.5) is 4.39 Å². The summed E-state index contributed by atoms with van der Waals surface area (Å²) >= 11 is 0. The maximum absolute atomic E-state index is 14.5. The van der Waals surface area contributed by atoms with Crippen LogP contribution in [0.5, 0.6) is 0 Å². The van der Waals surface area contributed by atoms with E-state index in [0.717, 1.165) is 17.5 Å². The van der Waals surface area contributed by atoms with Crippen LogP contribution >= 0.6 is 0 Å². The second-order valence-electron chi connectivity index (χ2n) is 6.47. The first-order valence-electron chi connectivity index (χ1n) is 7.98. The van der Waals surface area contributed by atoms with Gasteiger partial charge in [-0.1, -0.05) is 42.0 Å². The van der Waals surface area contributed by atoms with Crippen molar-refractivity contribution in [2.45, 2.75) is 32.2 Å². The Labute approximate surface area is 135 Å². The van der Waals surface area contributed by atoms with E-state index in [1.807, 2.05) is 31.6 Å². The normalized spacial score (nSPS) is 19.8. The van der Waals surface area contributed by atoms with Crippen LogP contribution in [0, 0.1) is 19.7 Å². The molecule has 0 radical (unpaired) electrons. The lowest BCUT2D eigenvalue weighted by Gasteiger charge is -2.15. The van der Waals surface area contributed by atoms with Crippen LogP contribution in [0.25, 0.3) is 0 Å². The summed E-state index contributed by atoms with van der Waals surface area (Å²) in [5, 5.41) is 0. The average molecular weight is 306 g/mol. The standard InChI is InChI=1S/C20H19FN2/c1-13-3-6-15(7-4-13)17-10-19(23-12-22-11-20(17)23)16-8-5-14(2)9-18(16)21/h3-9,11-12,17,19H,10H2,1-2H3. The third kappa shape index (κ3) is 2.37. The molecule has 0 bridgehead atoms. The Kier molecular flexibility index (Phi) is 3.29. The predicted molar refractivity (Wildman–Crippen MR) is 89.1 cm³/mol. The number of fused-ring (bicyclic) bond motifs is 1. The molecule has 2 heterocycles. The van der Waals surface area contributed by atoms with Gasteiger partial charge in [0.25, 0.3) is 0 Å². The fraction of sp³-hybridized carbons (Fsp3) is 0.250. The minimum Gasteiger partial charge on any atom is -0.326 e. The van der Waals surface area contributed by atoms with Gasteiger partial charge in [-0.05, 0) is 37.5 Å². The molecule has 2 aromatic carbocycles. The van der Waals surface area contributed by atoms with E-state index >= 15 is 0 Å². The molecule has 4 rings (SSSR count). The largest absolute Gasteiger partial charge is 0.326 e. The van der Waals surface area contributed by atoms with Crippen molar-refractivity contribution in [2.24, 2.45) is 0 Å². The van der Waals surface area contributed by atoms with E-state index in [2.05, 4.69) is 40.7 Å². The molecule has 3 aromatic rings. The van der Waals surface area contributed by atoms with Crippen molar-refractivity contribution < 1.29 is 4.39 Å². The second-order valence-corrected chi connectivity index (χ2v) is 6.47. The summed E-state index contributed by atoms with van der Waals surface area (Å²) in [5.41, 5.74) is 5.39. The third-order valence-corrected chi connectivity index (χ3v) is 4.84. The Balaban J connectivity index is 1.76. The highest BCUT2D eigenvalue weighted by molar-refractivity contribution is 5.37. The first kappa shape index (κ1) is 14.2. The van der Waals surface area contributed by atoms with E-state index in [-0.39, 0.29) is 17.8 Å². The summed E-state index contributed by atoms with van der Waals surface area (Å²) in [5.74, 6) is 0.142. The fourth-order valence-corrected chi connectivity index (χ4v) is 3.59. The van der Waals surface area contributed by atoms with Crippen molar-refractivity contribution in [1.82, 2.24) is 9.55 Å². The molecule has 0 fully saturated rings. The van der Waals surface area contributed by atoms with Crippen LogP contribution in [0.15, 0.2) is 55.0 Å². The summed E-state index contributed by atoms with van der Waals surface area (Å²) in [7, 11) is 0. The molecule has 23 heavy (non-hydrogen) atoms. The quantitative estimate of drug-likeness (QED) is 0.667. The Bertz CT molecular complexity index is 848. The Morgan fingerprint density at radius 1 is 1.04 bits per heavy atom. The van der Waals surface area contributed by atoms with Crippen LogP contribution in [0.1, 0.15) is 46.3 Å². The van der Waals surface area contributed by atoms with Gasteiger partial charge in [0.05, 0.1) is 12.4 Å². The maximum atomic E-state index is 14.5. The summed E-state index contributed by atoms with van der Waals surface area (Å²) in [4.78, 5) is 4.30. The number of benzene rings is 2. The first-order valence-corrected chi connectivity index (χ1v) is 7.98. The van der Waals surface area contributed by atoms with Crippen LogP contribution in [0.3, 0.4) is 0 Å². The Morgan fingerprint density at radius 2 is 1.78 bits per heavy atom. The molecule has 1 aliphatic rings. The van der Waals surface area contributed by atoms with Crippen LogP contribution in [-0.4, -0.2) is 9.55 Å². The number of nitrogens with zero attached hydrogens (tertiary/aromatic N) is 2. The molecule has 3 heteroatoms. The molecule has 1 aromatic heterocycles. The van der Waals surface area contributed by atoms with Gasteiger partial charge in [0.1, 0.15) is 5.82 Å². The number of halogens is 1. The van der Waals surface area contributed by atoms with Crippen LogP contribution in [-0.2, 0) is 0 Å². The zero-order valence-corrected chi connectivity index (χ0v) is 13.3. The molecule has 0 amide bonds. The molecular formula is C20H19FN2. The molecule has 0 saturated heterocycles. The molecule has 0 spiro atoms. The fourth-order valence-electron chi connectivity index (χ4n) is 3.59. The Hall–Kier alpha value is -2.42. The van der Waals surface area contributed by atoms with Crippen molar-refractivity contribution in [2.75, 3.05) is 0 Å². The van der Waals surface area contributed by atoms with Gasteiger partial charge in [0, 0.05) is 23.4 Å². The molecule has 0 N–H and O–H groups in total. The van der Waals surface area contributed by atoms with Crippen LogP contribution < -0.4 is 0 Å². The number of aromatic nitrogens is 2. The van der Waals surface area contributed by atoms with Gasteiger partial charge in [0.15, 0.2) is 0 Å². The number of rotatable bonds is 2. The molecular weight excluding hydrogens is 287 g/mol. The SMILES string of the molecule is Cc1ccc(C2CC(c3ccc(C)cc3F)n3cncc32)cc1. The van der Waals surface area contributed by atoms with Gasteiger partial charge in [-0.25, -0.2) is 9.37 Å². The lowest BCUT2D eigenvalue weighted by atomic mass is 9.90. The van der Waals surface area contributed by atoms with E-state index in [9.17, 15) is 4.39 Å². The monoisotopic (exact) mass is 306 g/mol. The number of hydrogen-bond donors (Lipinski definition) is 0. The highest BCUT2D eigenvalue weighted by Crippen LogP contribution is 2.43. The number of aryl methyl sites for hydroxylation is 2. The van der Waals surface area contributed by atoms with Gasteiger partial charge in [-0.2, -0.15) is 0 Å². The molecule has 2 atom stereocenters.